The Labute approximate surface area is 393 Å². The van der Waals surface area contributed by atoms with Gasteiger partial charge in [-0.1, -0.05) is 13.0 Å². The highest BCUT2D eigenvalue weighted by Crippen LogP contribution is 2.46. The number of ether oxygens (including phenoxy) is 7. The minimum Gasteiger partial charge on any atom is -0.493 e. The van der Waals surface area contributed by atoms with E-state index in [1.54, 1.807) is 66.7 Å². The standard InChI is InChI=1S/C47H65N3O16Si/c1-13-46(6,42(54)65-31-64-36-19-17-35(18-20-36)40(52)66-37-21-15-34(28-38(37)57-8)16-22-39(51)58-9)30-47(7,43(55)63-25-23-48-44(56)50-33(3)27-32(2)49-50)29-45(4,5)41(53)62-24-14-26-67(59-10,60-11)61-12/h15-22,27-28H,13-14,23-26,29-31H2,1-12H3,(H,48,56)/b22-16+. The second-order valence-corrected chi connectivity index (χ2v) is 19.9. The fourth-order valence-electron chi connectivity index (χ4n) is 7.32. The predicted octanol–water partition coefficient (Wildman–Crippen LogP) is 6.63. The molecule has 0 saturated carbocycles. The molecule has 0 aliphatic heterocycles. The molecular formula is C47H65N3O16Si. The van der Waals surface area contributed by atoms with Gasteiger partial charge in [0.25, 0.3) is 0 Å². The van der Waals surface area contributed by atoms with Crippen molar-refractivity contribution in [1.29, 1.82) is 0 Å². The van der Waals surface area contributed by atoms with Crippen LogP contribution in [0.4, 0.5) is 4.79 Å². The maximum absolute atomic E-state index is 14.1. The van der Waals surface area contributed by atoms with Gasteiger partial charge in [-0.15, -0.1) is 0 Å². The molecular weight excluding hydrogens is 891 g/mol. The van der Waals surface area contributed by atoms with Crippen molar-refractivity contribution >= 4 is 50.8 Å². The number of nitrogens with one attached hydrogen (secondary N) is 1. The number of aryl methyl sites for hydroxylation is 2. The summed E-state index contributed by atoms with van der Waals surface area (Å²) in [5.41, 5.74) is -1.86. The Kier molecular flexibility index (Phi) is 20.7. The van der Waals surface area contributed by atoms with Crippen molar-refractivity contribution in [2.45, 2.75) is 80.2 Å². The highest BCUT2D eigenvalue weighted by molar-refractivity contribution is 6.60. The van der Waals surface area contributed by atoms with Gasteiger partial charge in [-0.2, -0.15) is 9.78 Å². The SMILES string of the molecule is CCC(C)(CC(C)(CC(C)(C)C(=O)OCCC[Si](OC)(OC)OC)C(=O)OCCNC(=O)n1nc(C)cc1C)C(=O)OCOc1ccc(C(=O)Oc2ccc(/C=C/C(=O)OC)cc2OC)cc1. The van der Waals surface area contributed by atoms with Crippen molar-refractivity contribution < 1.29 is 75.2 Å². The molecule has 0 aliphatic rings. The molecule has 1 aromatic heterocycles. The van der Waals surface area contributed by atoms with Crippen LogP contribution >= 0.6 is 0 Å². The minimum absolute atomic E-state index is 0.0341. The molecule has 3 aromatic rings. The summed E-state index contributed by atoms with van der Waals surface area (Å²) >= 11 is 0. The Hall–Kier alpha value is -6.09. The summed E-state index contributed by atoms with van der Waals surface area (Å²) in [5, 5.41) is 6.85. The molecule has 19 nitrogen and oxygen atoms in total. The maximum Gasteiger partial charge on any atom is 0.500 e. The fourth-order valence-corrected chi connectivity index (χ4v) is 9.01. The first-order valence-electron chi connectivity index (χ1n) is 21.5. The molecule has 1 heterocycles. The zero-order valence-electron chi connectivity index (χ0n) is 40.6. The molecule has 1 amide bonds. The topological polar surface area (TPSA) is 225 Å². The second-order valence-electron chi connectivity index (χ2n) is 16.8. The van der Waals surface area contributed by atoms with Crippen LogP contribution in [0.5, 0.6) is 17.2 Å². The summed E-state index contributed by atoms with van der Waals surface area (Å²) in [4.78, 5) is 78.8. The number of methoxy groups -OCH3 is 2. The number of carbonyl (C=O) groups excluding carboxylic acids is 6. The first-order valence-corrected chi connectivity index (χ1v) is 23.4. The summed E-state index contributed by atoms with van der Waals surface area (Å²) in [6, 6.07) is 12.4. The maximum atomic E-state index is 14.1. The number of hydrogen-bond acceptors (Lipinski definition) is 17. The molecule has 0 saturated heterocycles. The Morgan fingerprint density at radius 1 is 0.761 bits per heavy atom. The van der Waals surface area contributed by atoms with Gasteiger partial charge in [-0.25, -0.2) is 14.4 Å². The van der Waals surface area contributed by atoms with E-state index in [0.29, 0.717) is 29.4 Å². The lowest BCUT2D eigenvalue weighted by Crippen LogP contribution is -2.45. The molecule has 1 N–H and O–H groups in total. The van der Waals surface area contributed by atoms with E-state index < -0.39 is 67.7 Å². The van der Waals surface area contributed by atoms with Crippen molar-refractivity contribution in [1.82, 2.24) is 15.1 Å². The lowest BCUT2D eigenvalue weighted by molar-refractivity contribution is -0.171. The summed E-state index contributed by atoms with van der Waals surface area (Å²) in [5.74, 6) is -2.46. The van der Waals surface area contributed by atoms with Crippen LogP contribution < -0.4 is 19.5 Å². The third kappa shape index (κ3) is 15.8. The van der Waals surface area contributed by atoms with Gasteiger partial charge in [0.2, 0.25) is 6.79 Å². The zero-order chi connectivity index (χ0) is 50.0. The van der Waals surface area contributed by atoms with Gasteiger partial charge in [0.05, 0.1) is 54.9 Å². The smallest absolute Gasteiger partial charge is 0.493 e. The summed E-state index contributed by atoms with van der Waals surface area (Å²) in [6.45, 7) is 11.2. The average Bonchev–Trinajstić information content (AvgIpc) is 3.66. The Morgan fingerprint density at radius 2 is 1.40 bits per heavy atom. The van der Waals surface area contributed by atoms with E-state index in [4.69, 9.17) is 41.7 Å². The van der Waals surface area contributed by atoms with Crippen molar-refractivity contribution in [3.8, 4) is 17.2 Å². The Balaban J connectivity index is 1.70. The van der Waals surface area contributed by atoms with Crippen LogP contribution in [-0.4, -0.2) is 117 Å². The number of aromatic nitrogens is 2. The van der Waals surface area contributed by atoms with Crippen LogP contribution in [0.25, 0.3) is 6.08 Å². The molecule has 0 radical (unpaired) electrons. The number of nitrogens with zero attached hydrogens (tertiary/aromatic N) is 2. The molecule has 2 unspecified atom stereocenters. The number of amides is 1. The van der Waals surface area contributed by atoms with E-state index in [9.17, 15) is 28.8 Å². The van der Waals surface area contributed by atoms with Crippen LogP contribution in [0.1, 0.15) is 87.6 Å². The lowest BCUT2D eigenvalue weighted by atomic mass is 9.65. The number of rotatable bonds is 26. The molecule has 0 spiro atoms. The van der Waals surface area contributed by atoms with Gasteiger partial charge in [0, 0.05) is 39.1 Å². The van der Waals surface area contributed by atoms with Crippen molar-refractivity contribution in [2.75, 3.05) is 62.1 Å². The van der Waals surface area contributed by atoms with Crippen LogP contribution in [0.3, 0.4) is 0 Å². The molecule has 0 fully saturated rings. The molecule has 2 atom stereocenters. The van der Waals surface area contributed by atoms with Gasteiger partial charge in [-0.3, -0.25) is 14.4 Å². The number of carbonyl (C=O) groups is 6. The van der Waals surface area contributed by atoms with Gasteiger partial charge >= 0.3 is 44.7 Å². The average molecular weight is 956 g/mol. The van der Waals surface area contributed by atoms with E-state index in [2.05, 4.69) is 15.2 Å². The predicted molar refractivity (Wildman–Crippen MR) is 245 cm³/mol. The quantitative estimate of drug-likeness (QED) is 0.0169. The van der Waals surface area contributed by atoms with Crippen molar-refractivity contribution in [3.05, 3.63) is 77.1 Å². The summed E-state index contributed by atoms with van der Waals surface area (Å²) < 4.78 is 55.8. The fraction of sp³-hybridized carbons (Fsp3) is 0.511. The lowest BCUT2D eigenvalue weighted by Gasteiger charge is -2.39. The van der Waals surface area contributed by atoms with E-state index in [1.165, 1.54) is 82.7 Å². The van der Waals surface area contributed by atoms with Crippen LogP contribution in [0, 0.1) is 30.1 Å². The largest absolute Gasteiger partial charge is 0.500 e. The first-order chi connectivity index (χ1) is 31.6. The molecule has 67 heavy (non-hydrogen) atoms. The normalized spacial score (nSPS) is 13.4. The van der Waals surface area contributed by atoms with E-state index >= 15 is 0 Å². The molecule has 0 aliphatic carbocycles. The van der Waals surface area contributed by atoms with E-state index in [0.717, 1.165) is 0 Å². The third-order valence-electron chi connectivity index (χ3n) is 11.0. The number of esters is 5. The molecule has 368 valence electrons. The third-order valence-corrected chi connectivity index (χ3v) is 13.9. The number of benzene rings is 2. The Bertz CT molecular complexity index is 2190. The summed E-state index contributed by atoms with van der Waals surface area (Å²) in [7, 11) is 4.27. The second kappa shape index (κ2) is 25.2. The van der Waals surface area contributed by atoms with Crippen LogP contribution in [-0.2, 0) is 51.4 Å². The van der Waals surface area contributed by atoms with Gasteiger partial charge in [-0.05, 0) is 121 Å². The highest BCUT2D eigenvalue weighted by atomic mass is 28.4. The van der Waals surface area contributed by atoms with Gasteiger partial charge < -0.3 is 51.8 Å². The molecule has 3 rings (SSSR count). The Morgan fingerprint density at radius 3 is 1.99 bits per heavy atom. The molecule has 0 bridgehead atoms. The van der Waals surface area contributed by atoms with Crippen LogP contribution in [0.15, 0.2) is 54.6 Å². The molecule has 20 heteroatoms. The first kappa shape index (κ1) is 55.2. The zero-order valence-corrected chi connectivity index (χ0v) is 41.6. The van der Waals surface area contributed by atoms with E-state index in [-0.39, 0.29) is 61.8 Å². The highest BCUT2D eigenvalue weighted by Gasteiger charge is 2.50. The van der Waals surface area contributed by atoms with Gasteiger partial charge in [0.1, 0.15) is 12.4 Å². The minimum atomic E-state index is -2.90. The van der Waals surface area contributed by atoms with Crippen LogP contribution in [0.2, 0.25) is 6.04 Å². The van der Waals surface area contributed by atoms with Crippen molar-refractivity contribution in [3.63, 3.8) is 0 Å². The number of hydrogen-bond donors (Lipinski definition) is 1. The van der Waals surface area contributed by atoms with Gasteiger partial charge in [0.15, 0.2) is 11.5 Å². The molecule has 2 aromatic carbocycles. The van der Waals surface area contributed by atoms with E-state index in [1.807, 2.05) is 0 Å². The monoisotopic (exact) mass is 955 g/mol. The van der Waals surface area contributed by atoms with Crippen molar-refractivity contribution in [2.24, 2.45) is 16.2 Å². The summed E-state index contributed by atoms with van der Waals surface area (Å²) in [6.07, 6.45) is 3.23.